The zero-order valence-electron chi connectivity index (χ0n) is 10.9. The van der Waals surface area contributed by atoms with Crippen molar-refractivity contribution in [2.45, 2.75) is 19.4 Å². The zero-order valence-corrected chi connectivity index (χ0v) is 10.9. The van der Waals surface area contributed by atoms with Gasteiger partial charge in [0.15, 0.2) is 0 Å². The van der Waals surface area contributed by atoms with Crippen molar-refractivity contribution in [3.05, 3.63) is 35.9 Å². The number of amides is 1. The highest BCUT2D eigenvalue weighted by Gasteiger charge is 2.13. The van der Waals surface area contributed by atoms with E-state index in [4.69, 9.17) is 4.74 Å². The van der Waals surface area contributed by atoms with E-state index in [0.29, 0.717) is 13.0 Å². The molecule has 2 atom stereocenters. The van der Waals surface area contributed by atoms with Crippen LogP contribution in [-0.4, -0.2) is 37.4 Å². The number of benzene rings is 1. The summed E-state index contributed by atoms with van der Waals surface area (Å²) in [5.41, 5.74) is 1.06. The van der Waals surface area contributed by atoms with Gasteiger partial charge in [-0.25, -0.2) is 0 Å². The monoisotopic (exact) mass is 251 g/mol. The highest BCUT2D eigenvalue weighted by atomic mass is 16.5. The Hall–Kier alpha value is -1.39. The fraction of sp³-hybridized carbons (Fsp3) is 0.500. The van der Waals surface area contributed by atoms with E-state index < -0.39 is 6.10 Å². The molecule has 2 N–H and O–H groups in total. The van der Waals surface area contributed by atoms with Crippen LogP contribution < -0.4 is 5.32 Å². The van der Waals surface area contributed by atoms with Crippen molar-refractivity contribution in [1.82, 2.24) is 5.32 Å². The average Bonchev–Trinajstić information content (AvgIpc) is 2.37. The van der Waals surface area contributed by atoms with E-state index in [2.05, 4.69) is 5.32 Å². The summed E-state index contributed by atoms with van der Waals surface area (Å²) in [4.78, 5) is 11.6. The Balaban J connectivity index is 2.29. The number of aliphatic hydroxyl groups is 1. The van der Waals surface area contributed by atoms with Gasteiger partial charge in [-0.3, -0.25) is 4.79 Å². The number of nitrogens with one attached hydrogen (secondary N) is 1. The first-order valence-electron chi connectivity index (χ1n) is 6.12. The molecule has 0 aromatic heterocycles. The SMILES string of the molecule is COCC(C)C(=O)NCC(O)Cc1ccccc1. The molecule has 18 heavy (non-hydrogen) atoms. The Kier molecular flexibility index (Phi) is 6.39. The number of aliphatic hydroxyl groups excluding tert-OH is 1. The fourth-order valence-electron chi connectivity index (χ4n) is 1.68. The molecule has 0 fully saturated rings. The molecule has 0 heterocycles. The quantitative estimate of drug-likeness (QED) is 0.759. The van der Waals surface area contributed by atoms with Gasteiger partial charge in [-0.05, 0) is 5.56 Å². The summed E-state index contributed by atoms with van der Waals surface area (Å²) >= 11 is 0. The second-order valence-electron chi connectivity index (χ2n) is 4.45. The van der Waals surface area contributed by atoms with Gasteiger partial charge in [0.2, 0.25) is 5.91 Å². The van der Waals surface area contributed by atoms with Crippen molar-refractivity contribution in [3.63, 3.8) is 0 Å². The minimum Gasteiger partial charge on any atom is -0.391 e. The maximum absolute atomic E-state index is 11.6. The maximum atomic E-state index is 11.6. The maximum Gasteiger partial charge on any atom is 0.225 e. The summed E-state index contributed by atoms with van der Waals surface area (Å²) in [5, 5.41) is 12.5. The minimum absolute atomic E-state index is 0.0936. The average molecular weight is 251 g/mol. The van der Waals surface area contributed by atoms with Crippen LogP contribution in [0.2, 0.25) is 0 Å². The molecule has 4 nitrogen and oxygen atoms in total. The van der Waals surface area contributed by atoms with E-state index in [1.807, 2.05) is 30.3 Å². The summed E-state index contributed by atoms with van der Waals surface area (Å²) in [6, 6.07) is 9.71. The van der Waals surface area contributed by atoms with E-state index in [1.165, 1.54) is 0 Å². The predicted molar refractivity (Wildman–Crippen MR) is 70.2 cm³/mol. The standard InChI is InChI=1S/C14H21NO3/c1-11(10-18-2)14(17)15-9-13(16)8-12-6-4-3-5-7-12/h3-7,11,13,16H,8-10H2,1-2H3,(H,15,17). The zero-order chi connectivity index (χ0) is 13.4. The molecule has 0 aliphatic rings. The largest absolute Gasteiger partial charge is 0.391 e. The predicted octanol–water partition coefficient (Wildman–Crippen LogP) is 0.989. The molecule has 0 aliphatic carbocycles. The number of hydrogen-bond donors (Lipinski definition) is 2. The summed E-state index contributed by atoms with van der Waals surface area (Å²) < 4.78 is 4.90. The van der Waals surface area contributed by atoms with Crippen LogP contribution in [0.25, 0.3) is 0 Å². The molecule has 1 aromatic rings. The molecule has 1 rings (SSSR count). The van der Waals surface area contributed by atoms with E-state index in [0.717, 1.165) is 5.56 Å². The summed E-state index contributed by atoms with van der Waals surface area (Å²) in [5.74, 6) is -0.289. The third kappa shape index (κ3) is 5.29. The lowest BCUT2D eigenvalue weighted by Gasteiger charge is -2.14. The molecule has 0 saturated carbocycles. The molecule has 0 aliphatic heterocycles. The van der Waals surface area contributed by atoms with E-state index in [1.54, 1.807) is 14.0 Å². The normalized spacial score (nSPS) is 13.9. The number of hydrogen-bond acceptors (Lipinski definition) is 3. The van der Waals surface area contributed by atoms with Crippen molar-refractivity contribution >= 4 is 5.91 Å². The number of rotatable bonds is 7. The number of carbonyl (C=O) groups excluding carboxylic acids is 1. The first kappa shape index (κ1) is 14.7. The van der Waals surface area contributed by atoms with Crippen LogP contribution in [0.4, 0.5) is 0 Å². The third-order valence-electron chi connectivity index (χ3n) is 2.69. The van der Waals surface area contributed by atoms with Crippen molar-refractivity contribution in [2.24, 2.45) is 5.92 Å². The molecule has 0 spiro atoms. The molecule has 1 aromatic carbocycles. The van der Waals surface area contributed by atoms with Crippen LogP contribution in [0.15, 0.2) is 30.3 Å². The van der Waals surface area contributed by atoms with Gasteiger partial charge in [-0.15, -0.1) is 0 Å². The molecule has 0 bridgehead atoms. The Bertz CT molecular complexity index is 353. The van der Waals surface area contributed by atoms with Crippen LogP contribution >= 0.6 is 0 Å². The van der Waals surface area contributed by atoms with Gasteiger partial charge in [0.05, 0.1) is 18.6 Å². The van der Waals surface area contributed by atoms with Crippen LogP contribution in [0.5, 0.6) is 0 Å². The van der Waals surface area contributed by atoms with Gasteiger partial charge in [0, 0.05) is 20.1 Å². The minimum atomic E-state index is -0.564. The second-order valence-corrected chi connectivity index (χ2v) is 4.45. The van der Waals surface area contributed by atoms with Gasteiger partial charge < -0.3 is 15.2 Å². The number of ether oxygens (including phenoxy) is 1. The lowest BCUT2D eigenvalue weighted by atomic mass is 10.1. The van der Waals surface area contributed by atoms with Crippen LogP contribution in [0.1, 0.15) is 12.5 Å². The summed E-state index contributed by atoms with van der Waals surface area (Å²) in [6.45, 7) is 2.45. The number of methoxy groups -OCH3 is 1. The lowest BCUT2D eigenvalue weighted by Crippen LogP contribution is -2.37. The Morgan fingerprint density at radius 3 is 2.67 bits per heavy atom. The molecular weight excluding hydrogens is 230 g/mol. The lowest BCUT2D eigenvalue weighted by molar-refractivity contribution is -0.126. The van der Waals surface area contributed by atoms with Crippen molar-refractivity contribution < 1.29 is 14.6 Å². The Morgan fingerprint density at radius 2 is 2.06 bits per heavy atom. The number of carbonyl (C=O) groups is 1. The highest BCUT2D eigenvalue weighted by Crippen LogP contribution is 2.03. The molecule has 0 radical (unpaired) electrons. The molecular formula is C14H21NO3. The Morgan fingerprint density at radius 1 is 1.39 bits per heavy atom. The smallest absolute Gasteiger partial charge is 0.225 e. The van der Waals surface area contributed by atoms with E-state index >= 15 is 0 Å². The fourth-order valence-corrected chi connectivity index (χ4v) is 1.68. The van der Waals surface area contributed by atoms with Gasteiger partial charge in [-0.2, -0.15) is 0 Å². The van der Waals surface area contributed by atoms with E-state index in [-0.39, 0.29) is 18.4 Å². The summed E-state index contributed by atoms with van der Waals surface area (Å²) in [6.07, 6.45) is -0.0224. The molecule has 2 unspecified atom stereocenters. The van der Waals surface area contributed by atoms with Crippen molar-refractivity contribution in [3.8, 4) is 0 Å². The first-order chi connectivity index (χ1) is 8.63. The van der Waals surface area contributed by atoms with E-state index in [9.17, 15) is 9.90 Å². The van der Waals surface area contributed by atoms with Crippen molar-refractivity contribution in [2.75, 3.05) is 20.3 Å². The van der Waals surface area contributed by atoms with Gasteiger partial charge in [0.25, 0.3) is 0 Å². The van der Waals surface area contributed by atoms with Gasteiger partial charge in [-0.1, -0.05) is 37.3 Å². The Labute approximate surface area is 108 Å². The second kappa shape index (κ2) is 7.84. The molecule has 4 heteroatoms. The topological polar surface area (TPSA) is 58.6 Å². The molecule has 1 amide bonds. The summed E-state index contributed by atoms with van der Waals surface area (Å²) in [7, 11) is 1.56. The van der Waals surface area contributed by atoms with Crippen molar-refractivity contribution in [1.29, 1.82) is 0 Å². The molecule has 0 saturated heterocycles. The molecule has 100 valence electrons. The van der Waals surface area contributed by atoms with Crippen LogP contribution in [-0.2, 0) is 16.0 Å². The first-order valence-corrected chi connectivity index (χ1v) is 6.12. The third-order valence-corrected chi connectivity index (χ3v) is 2.69. The van der Waals surface area contributed by atoms with Crippen LogP contribution in [0.3, 0.4) is 0 Å². The highest BCUT2D eigenvalue weighted by molar-refractivity contribution is 5.78. The van der Waals surface area contributed by atoms with Crippen LogP contribution in [0, 0.1) is 5.92 Å². The van der Waals surface area contributed by atoms with Gasteiger partial charge >= 0.3 is 0 Å². The van der Waals surface area contributed by atoms with Gasteiger partial charge in [0.1, 0.15) is 0 Å².